The summed E-state index contributed by atoms with van der Waals surface area (Å²) in [5.41, 5.74) is 8.51. The molecule has 2 rings (SSSR count). The molecule has 0 fully saturated rings. The first-order valence-electron chi connectivity index (χ1n) is 7.52. The SMILES string of the molecule is COc1cc(CNNc2ccccc2)ccc1OCC(C)C. The fourth-order valence-electron chi connectivity index (χ4n) is 1.97. The highest BCUT2D eigenvalue weighted by Crippen LogP contribution is 2.28. The van der Waals surface area contributed by atoms with E-state index in [0.29, 0.717) is 19.1 Å². The molecule has 2 aromatic rings. The zero-order valence-corrected chi connectivity index (χ0v) is 13.4. The minimum Gasteiger partial charge on any atom is -0.493 e. The van der Waals surface area contributed by atoms with Gasteiger partial charge in [-0.25, -0.2) is 5.43 Å². The fraction of sp³-hybridized carbons (Fsp3) is 0.333. The molecule has 0 saturated carbocycles. The molecule has 0 aromatic heterocycles. The zero-order valence-electron chi connectivity index (χ0n) is 13.4. The van der Waals surface area contributed by atoms with Crippen molar-refractivity contribution >= 4 is 5.69 Å². The summed E-state index contributed by atoms with van der Waals surface area (Å²) < 4.78 is 11.2. The van der Waals surface area contributed by atoms with Gasteiger partial charge in [-0.1, -0.05) is 38.1 Å². The molecule has 0 unspecified atom stereocenters. The molecule has 0 radical (unpaired) electrons. The smallest absolute Gasteiger partial charge is 0.161 e. The van der Waals surface area contributed by atoms with Crippen LogP contribution in [-0.2, 0) is 6.54 Å². The van der Waals surface area contributed by atoms with Crippen molar-refractivity contribution in [1.82, 2.24) is 5.43 Å². The third-order valence-corrected chi connectivity index (χ3v) is 3.10. The van der Waals surface area contributed by atoms with Crippen LogP contribution in [0.5, 0.6) is 11.5 Å². The third-order valence-electron chi connectivity index (χ3n) is 3.10. The second kappa shape index (κ2) is 8.29. The molecule has 0 saturated heterocycles. The largest absolute Gasteiger partial charge is 0.493 e. The van der Waals surface area contributed by atoms with Gasteiger partial charge in [0, 0.05) is 12.2 Å². The van der Waals surface area contributed by atoms with Gasteiger partial charge in [0.15, 0.2) is 11.5 Å². The van der Waals surface area contributed by atoms with Crippen LogP contribution >= 0.6 is 0 Å². The molecular formula is C18H24N2O2. The maximum absolute atomic E-state index is 5.76. The Morgan fingerprint density at radius 3 is 2.45 bits per heavy atom. The van der Waals surface area contributed by atoms with Crippen LogP contribution in [0, 0.1) is 5.92 Å². The van der Waals surface area contributed by atoms with Gasteiger partial charge in [-0.2, -0.15) is 0 Å². The maximum atomic E-state index is 5.76. The normalized spacial score (nSPS) is 10.5. The number of hydrazine groups is 1. The Hall–Kier alpha value is -2.20. The first-order valence-corrected chi connectivity index (χ1v) is 7.52. The van der Waals surface area contributed by atoms with Gasteiger partial charge in [-0.15, -0.1) is 0 Å². The predicted molar refractivity (Wildman–Crippen MR) is 90.2 cm³/mol. The Morgan fingerprint density at radius 1 is 1.00 bits per heavy atom. The minimum atomic E-state index is 0.487. The number of benzene rings is 2. The Labute approximate surface area is 132 Å². The Balaban J connectivity index is 1.91. The van der Waals surface area contributed by atoms with E-state index in [4.69, 9.17) is 9.47 Å². The van der Waals surface area contributed by atoms with Crippen molar-refractivity contribution in [3.05, 3.63) is 54.1 Å². The molecule has 0 atom stereocenters. The topological polar surface area (TPSA) is 42.5 Å². The molecule has 2 aromatic carbocycles. The van der Waals surface area contributed by atoms with Crippen LogP contribution in [0.15, 0.2) is 48.5 Å². The van der Waals surface area contributed by atoms with E-state index in [0.717, 1.165) is 22.7 Å². The van der Waals surface area contributed by atoms with Crippen LogP contribution < -0.4 is 20.3 Å². The van der Waals surface area contributed by atoms with E-state index >= 15 is 0 Å². The summed E-state index contributed by atoms with van der Waals surface area (Å²) in [5.74, 6) is 2.04. The van der Waals surface area contributed by atoms with E-state index in [1.807, 2.05) is 48.5 Å². The number of hydrogen-bond acceptors (Lipinski definition) is 4. The van der Waals surface area contributed by atoms with Crippen LogP contribution in [0.3, 0.4) is 0 Å². The van der Waals surface area contributed by atoms with Gasteiger partial charge < -0.3 is 14.9 Å². The lowest BCUT2D eigenvalue weighted by Gasteiger charge is -2.14. The molecule has 2 N–H and O–H groups in total. The maximum Gasteiger partial charge on any atom is 0.161 e. The summed E-state index contributed by atoms with van der Waals surface area (Å²) in [7, 11) is 1.66. The summed E-state index contributed by atoms with van der Waals surface area (Å²) in [6, 6.07) is 16.0. The highest BCUT2D eigenvalue weighted by Gasteiger charge is 2.06. The van der Waals surface area contributed by atoms with E-state index in [2.05, 4.69) is 24.7 Å². The molecule has 0 aliphatic heterocycles. The average molecular weight is 300 g/mol. The molecule has 0 heterocycles. The number of nitrogens with one attached hydrogen (secondary N) is 2. The summed E-state index contributed by atoms with van der Waals surface area (Å²) in [5, 5.41) is 0. The number of anilines is 1. The van der Waals surface area contributed by atoms with E-state index in [9.17, 15) is 0 Å². The highest BCUT2D eigenvalue weighted by molar-refractivity contribution is 5.44. The lowest BCUT2D eigenvalue weighted by Crippen LogP contribution is -2.20. The van der Waals surface area contributed by atoms with E-state index in [1.54, 1.807) is 7.11 Å². The fourth-order valence-corrected chi connectivity index (χ4v) is 1.97. The molecule has 4 nitrogen and oxygen atoms in total. The van der Waals surface area contributed by atoms with Gasteiger partial charge in [0.1, 0.15) is 0 Å². The molecule has 4 heteroatoms. The monoisotopic (exact) mass is 300 g/mol. The van der Waals surface area contributed by atoms with E-state index in [-0.39, 0.29) is 0 Å². The number of para-hydroxylation sites is 1. The molecule has 0 bridgehead atoms. The van der Waals surface area contributed by atoms with Crippen molar-refractivity contribution in [2.24, 2.45) is 5.92 Å². The molecule has 0 spiro atoms. The summed E-state index contributed by atoms with van der Waals surface area (Å²) in [4.78, 5) is 0. The standard InChI is InChI=1S/C18H24N2O2/c1-14(2)13-22-17-10-9-15(11-18(17)21-3)12-19-20-16-7-5-4-6-8-16/h4-11,14,19-20H,12-13H2,1-3H3. The van der Waals surface area contributed by atoms with Crippen molar-refractivity contribution in [2.75, 3.05) is 19.1 Å². The number of methoxy groups -OCH3 is 1. The second-order valence-corrected chi connectivity index (χ2v) is 5.53. The third kappa shape index (κ3) is 4.97. The van der Waals surface area contributed by atoms with Crippen molar-refractivity contribution in [3.8, 4) is 11.5 Å². The summed E-state index contributed by atoms with van der Waals surface area (Å²) >= 11 is 0. The Morgan fingerprint density at radius 2 is 1.77 bits per heavy atom. The lowest BCUT2D eigenvalue weighted by atomic mass is 10.2. The first-order chi connectivity index (χ1) is 10.7. The predicted octanol–water partition coefficient (Wildman–Crippen LogP) is 3.85. The van der Waals surface area contributed by atoms with Gasteiger partial charge in [0.05, 0.1) is 13.7 Å². The number of ether oxygens (including phenoxy) is 2. The molecule has 0 aliphatic carbocycles. The Kier molecular flexibility index (Phi) is 6.10. The van der Waals surface area contributed by atoms with Gasteiger partial charge in [-0.05, 0) is 35.7 Å². The molecule has 22 heavy (non-hydrogen) atoms. The van der Waals surface area contributed by atoms with Crippen LogP contribution in [0.2, 0.25) is 0 Å². The lowest BCUT2D eigenvalue weighted by molar-refractivity contribution is 0.257. The summed E-state index contributed by atoms with van der Waals surface area (Å²) in [6.07, 6.45) is 0. The molecule has 0 aliphatic rings. The van der Waals surface area contributed by atoms with E-state index < -0.39 is 0 Å². The molecule has 118 valence electrons. The van der Waals surface area contributed by atoms with Crippen LogP contribution in [0.4, 0.5) is 5.69 Å². The van der Waals surface area contributed by atoms with Crippen molar-refractivity contribution in [2.45, 2.75) is 20.4 Å². The van der Waals surface area contributed by atoms with Crippen LogP contribution in [-0.4, -0.2) is 13.7 Å². The van der Waals surface area contributed by atoms with Crippen LogP contribution in [0.25, 0.3) is 0 Å². The molecular weight excluding hydrogens is 276 g/mol. The zero-order chi connectivity index (χ0) is 15.8. The van der Waals surface area contributed by atoms with Gasteiger partial charge in [-0.3, -0.25) is 0 Å². The van der Waals surface area contributed by atoms with Crippen molar-refractivity contribution < 1.29 is 9.47 Å². The number of hydrogen-bond donors (Lipinski definition) is 2. The number of rotatable bonds is 8. The average Bonchev–Trinajstić information content (AvgIpc) is 2.54. The Bertz CT molecular complexity index is 571. The van der Waals surface area contributed by atoms with Gasteiger partial charge >= 0.3 is 0 Å². The van der Waals surface area contributed by atoms with Gasteiger partial charge in [0.2, 0.25) is 0 Å². The first kappa shape index (κ1) is 16.2. The minimum absolute atomic E-state index is 0.487. The van der Waals surface area contributed by atoms with Crippen molar-refractivity contribution in [3.63, 3.8) is 0 Å². The van der Waals surface area contributed by atoms with Gasteiger partial charge in [0.25, 0.3) is 0 Å². The molecule has 0 amide bonds. The van der Waals surface area contributed by atoms with Crippen molar-refractivity contribution in [1.29, 1.82) is 0 Å². The second-order valence-electron chi connectivity index (χ2n) is 5.53. The quantitative estimate of drug-likeness (QED) is 0.727. The highest BCUT2D eigenvalue weighted by atomic mass is 16.5. The van der Waals surface area contributed by atoms with Crippen LogP contribution in [0.1, 0.15) is 19.4 Å². The summed E-state index contributed by atoms with van der Waals surface area (Å²) in [6.45, 7) is 5.62. The van der Waals surface area contributed by atoms with E-state index in [1.165, 1.54) is 0 Å².